The highest BCUT2D eigenvalue weighted by Gasteiger charge is 2.19. The molecular formula is C19H17F2N3O3S. The van der Waals surface area contributed by atoms with Crippen molar-refractivity contribution >= 4 is 23.4 Å². The van der Waals surface area contributed by atoms with Crippen molar-refractivity contribution < 1.29 is 23.0 Å². The van der Waals surface area contributed by atoms with Crippen molar-refractivity contribution in [3.8, 4) is 17.6 Å². The van der Waals surface area contributed by atoms with E-state index in [9.17, 15) is 18.8 Å². The van der Waals surface area contributed by atoms with Gasteiger partial charge in [0.15, 0.2) is 11.6 Å². The normalized spacial score (nSPS) is 11.4. The number of methoxy groups -OCH3 is 1. The van der Waals surface area contributed by atoms with E-state index in [0.29, 0.717) is 17.0 Å². The maximum absolute atomic E-state index is 14.1. The van der Waals surface area contributed by atoms with E-state index < -0.39 is 23.1 Å². The summed E-state index contributed by atoms with van der Waals surface area (Å²) in [6.07, 6.45) is 0. The highest BCUT2D eigenvalue weighted by atomic mass is 32.2. The number of thioether (sulfide) groups is 1. The number of amides is 1. The van der Waals surface area contributed by atoms with Gasteiger partial charge in [-0.25, -0.2) is 8.78 Å². The zero-order chi connectivity index (χ0) is 20.7. The Balaban J connectivity index is 2.02. The number of allylic oxidation sites excluding steroid dienone is 1. The van der Waals surface area contributed by atoms with Gasteiger partial charge in [-0.3, -0.25) is 4.79 Å². The molecule has 0 saturated heterocycles. The first-order chi connectivity index (χ1) is 13.4. The second-order valence-electron chi connectivity index (χ2n) is 5.38. The fourth-order valence-electron chi connectivity index (χ4n) is 2.24. The van der Waals surface area contributed by atoms with Crippen LogP contribution in [0.1, 0.15) is 15.9 Å². The summed E-state index contributed by atoms with van der Waals surface area (Å²) in [5.41, 5.74) is 11.1. The first-order valence-corrected chi connectivity index (χ1v) is 8.95. The summed E-state index contributed by atoms with van der Waals surface area (Å²) < 4.78 is 37.8. The number of nitrogens with two attached hydrogens (primary N) is 2. The number of benzene rings is 2. The van der Waals surface area contributed by atoms with Crippen LogP contribution in [-0.4, -0.2) is 25.4 Å². The molecule has 0 bridgehead atoms. The fourth-order valence-corrected chi connectivity index (χ4v) is 2.95. The lowest BCUT2D eigenvalue weighted by Gasteiger charge is -2.10. The Bertz CT molecular complexity index is 941. The van der Waals surface area contributed by atoms with Crippen molar-refractivity contribution in [1.82, 2.24) is 0 Å². The van der Waals surface area contributed by atoms with Gasteiger partial charge < -0.3 is 20.9 Å². The maximum Gasteiger partial charge on any atom is 0.254 e. The van der Waals surface area contributed by atoms with Gasteiger partial charge in [-0.05, 0) is 42.0 Å². The molecule has 2 rings (SSSR count). The molecule has 0 aliphatic carbocycles. The van der Waals surface area contributed by atoms with Gasteiger partial charge in [0.05, 0.1) is 19.4 Å². The van der Waals surface area contributed by atoms with Gasteiger partial charge in [0.2, 0.25) is 0 Å². The zero-order valence-electron chi connectivity index (χ0n) is 14.9. The second kappa shape index (κ2) is 9.62. The first-order valence-electron chi connectivity index (χ1n) is 7.96. The molecule has 0 aliphatic heterocycles. The van der Waals surface area contributed by atoms with Crippen molar-refractivity contribution in [3.63, 3.8) is 0 Å². The summed E-state index contributed by atoms with van der Waals surface area (Å²) in [5.74, 6) is -2.83. The third-order valence-corrected chi connectivity index (χ3v) is 4.61. The van der Waals surface area contributed by atoms with Crippen LogP contribution in [0, 0.1) is 23.0 Å². The van der Waals surface area contributed by atoms with Crippen molar-refractivity contribution in [2.24, 2.45) is 11.5 Å². The molecule has 4 N–H and O–H groups in total. The van der Waals surface area contributed by atoms with E-state index in [4.69, 9.17) is 20.9 Å². The van der Waals surface area contributed by atoms with E-state index >= 15 is 0 Å². The third kappa shape index (κ3) is 4.92. The van der Waals surface area contributed by atoms with Crippen LogP contribution in [0.25, 0.3) is 5.70 Å². The van der Waals surface area contributed by atoms with Crippen LogP contribution in [0.5, 0.6) is 11.5 Å². The number of hydrogen-bond donors (Lipinski definition) is 2. The SMILES string of the molecule is COc1ccc(/C(N)=C(\C#N)SCCOc2ccc(F)c(C(N)=O)c2F)cc1. The monoisotopic (exact) mass is 405 g/mol. The Kier molecular flexibility index (Phi) is 7.23. The van der Waals surface area contributed by atoms with Gasteiger partial charge >= 0.3 is 0 Å². The van der Waals surface area contributed by atoms with Gasteiger partial charge in [0, 0.05) is 5.75 Å². The molecule has 0 fully saturated rings. The molecule has 0 spiro atoms. The summed E-state index contributed by atoms with van der Waals surface area (Å²) in [6, 6.07) is 10.9. The third-order valence-electron chi connectivity index (χ3n) is 3.64. The summed E-state index contributed by atoms with van der Waals surface area (Å²) >= 11 is 1.12. The second-order valence-corrected chi connectivity index (χ2v) is 6.48. The Labute approximate surface area is 164 Å². The standard InChI is InChI=1S/C19H17F2N3O3S/c1-26-12-4-2-11(3-5-12)18(23)15(10-22)28-9-8-27-14-7-6-13(20)16(17(14)21)19(24)25/h2-7H,8-9,23H2,1H3,(H2,24,25)/b18-15-. The van der Waals surface area contributed by atoms with E-state index in [1.807, 2.05) is 6.07 Å². The Morgan fingerprint density at radius 2 is 1.86 bits per heavy atom. The molecule has 0 unspecified atom stereocenters. The molecule has 2 aromatic carbocycles. The van der Waals surface area contributed by atoms with Crippen molar-refractivity contribution in [3.05, 3.63) is 64.1 Å². The molecule has 0 heterocycles. The highest BCUT2D eigenvalue weighted by molar-refractivity contribution is 8.03. The number of rotatable bonds is 8. The van der Waals surface area contributed by atoms with Crippen LogP contribution in [0.2, 0.25) is 0 Å². The average molecular weight is 405 g/mol. The van der Waals surface area contributed by atoms with E-state index in [0.717, 1.165) is 23.9 Å². The average Bonchev–Trinajstić information content (AvgIpc) is 2.69. The van der Waals surface area contributed by atoms with E-state index in [1.54, 1.807) is 31.4 Å². The molecule has 0 aliphatic rings. The molecule has 1 amide bonds. The summed E-state index contributed by atoms with van der Waals surface area (Å²) in [7, 11) is 1.54. The minimum absolute atomic E-state index is 0.00745. The van der Waals surface area contributed by atoms with E-state index in [2.05, 4.69) is 0 Å². The number of nitriles is 1. The van der Waals surface area contributed by atoms with Gasteiger partial charge in [-0.1, -0.05) is 0 Å². The number of nitrogens with zero attached hydrogens (tertiary/aromatic N) is 1. The van der Waals surface area contributed by atoms with Gasteiger partial charge in [0.25, 0.3) is 5.91 Å². The van der Waals surface area contributed by atoms with Crippen molar-refractivity contribution in [2.75, 3.05) is 19.5 Å². The van der Waals surface area contributed by atoms with Crippen molar-refractivity contribution in [1.29, 1.82) is 5.26 Å². The number of carbonyl (C=O) groups excluding carboxylic acids is 1. The minimum atomic E-state index is -1.23. The summed E-state index contributed by atoms with van der Waals surface area (Å²) in [6.45, 7) is -0.00745. The zero-order valence-corrected chi connectivity index (χ0v) is 15.7. The van der Waals surface area contributed by atoms with E-state index in [-0.39, 0.29) is 23.0 Å². The highest BCUT2D eigenvalue weighted by Crippen LogP contribution is 2.26. The number of hydrogen-bond acceptors (Lipinski definition) is 6. The summed E-state index contributed by atoms with van der Waals surface area (Å²) in [5, 5.41) is 9.32. The minimum Gasteiger partial charge on any atom is -0.497 e. The molecule has 9 heteroatoms. The predicted octanol–water partition coefficient (Wildman–Crippen LogP) is 3.04. The Morgan fingerprint density at radius 1 is 1.18 bits per heavy atom. The lowest BCUT2D eigenvalue weighted by atomic mass is 10.1. The maximum atomic E-state index is 14.1. The molecule has 0 aromatic heterocycles. The largest absolute Gasteiger partial charge is 0.497 e. The van der Waals surface area contributed by atoms with Crippen LogP contribution in [0.15, 0.2) is 41.3 Å². The lowest BCUT2D eigenvalue weighted by molar-refractivity contribution is 0.0991. The van der Waals surface area contributed by atoms with Crippen LogP contribution >= 0.6 is 11.8 Å². The lowest BCUT2D eigenvalue weighted by Crippen LogP contribution is -2.16. The van der Waals surface area contributed by atoms with Gasteiger partial charge in [-0.15, -0.1) is 11.8 Å². The van der Waals surface area contributed by atoms with Gasteiger partial charge in [-0.2, -0.15) is 5.26 Å². The number of primary amides is 1. The first kappa shape index (κ1) is 21.1. The fraction of sp³-hybridized carbons (Fsp3) is 0.158. The number of halogens is 2. The van der Waals surface area contributed by atoms with E-state index in [1.165, 1.54) is 0 Å². The Hall–Kier alpha value is -3.25. The molecule has 0 radical (unpaired) electrons. The van der Waals surface area contributed by atoms with Gasteiger partial charge in [0.1, 0.15) is 28.1 Å². The summed E-state index contributed by atoms with van der Waals surface area (Å²) in [4.78, 5) is 11.4. The quantitative estimate of drug-likeness (QED) is 0.516. The molecule has 28 heavy (non-hydrogen) atoms. The molecule has 2 aromatic rings. The number of carbonyl (C=O) groups is 1. The smallest absolute Gasteiger partial charge is 0.254 e. The molecule has 6 nitrogen and oxygen atoms in total. The topological polar surface area (TPSA) is 111 Å². The van der Waals surface area contributed by atoms with Crippen LogP contribution in [0.3, 0.4) is 0 Å². The Morgan fingerprint density at radius 3 is 2.43 bits per heavy atom. The molecule has 0 saturated carbocycles. The molecule has 0 atom stereocenters. The molecule has 146 valence electrons. The predicted molar refractivity (Wildman–Crippen MR) is 103 cm³/mol. The molecular weight excluding hydrogens is 388 g/mol. The van der Waals surface area contributed by atoms with Crippen molar-refractivity contribution in [2.45, 2.75) is 0 Å². The van der Waals surface area contributed by atoms with Crippen LogP contribution in [-0.2, 0) is 0 Å². The van der Waals surface area contributed by atoms with Crippen LogP contribution < -0.4 is 20.9 Å². The van der Waals surface area contributed by atoms with Crippen LogP contribution in [0.4, 0.5) is 8.78 Å². The number of ether oxygens (including phenoxy) is 2.